The van der Waals surface area contributed by atoms with Crippen molar-refractivity contribution in [3.63, 3.8) is 0 Å². The molecule has 21 heavy (non-hydrogen) atoms. The Morgan fingerprint density at radius 1 is 1.29 bits per heavy atom. The van der Waals surface area contributed by atoms with Crippen molar-refractivity contribution in [2.75, 3.05) is 6.54 Å². The minimum atomic E-state index is -0.847. The lowest BCUT2D eigenvalue weighted by molar-refractivity contribution is -0.137. The summed E-state index contributed by atoms with van der Waals surface area (Å²) < 4.78 is 0. The molecule has 2 N–H and O–H groups in total. The molecule has 5 nitrogen and oxygen atoms in total. The fraction of sp³-hybridized carbons (Fsp3) is 0.467. The molecule has 0 heterocycles. The number of hydrogen-bond acceptors (Lipinski definition) is 2. The van der Waals surface area contributed by atoms with Gasteiger partial charge in [-0.2, -0.15) is 0 Å². The van der Waals surface area contributed by atoms with Gasteiger partial charge in [0.05, 0.1) is 0 Å². The number of carboxylic acid groups (broad SMARTS) is 1. The molecule has 6 heteroatoms. The molecule has 0 radical (unpaired) electrons. The van der Waals surface area contributed by atoms with Crippen LogP contribution in [0.5, 0.6) is 0 Å². The summed E-state index contributed by atoms with van der Waals surface area (Å²) in [5, 5.41) is 12.1. The number of carboxylic acids is 1. The molecule has 116 valence electrons. The van der Waals surface area contributed by atoms with E-state index in [0.29, 0.717) is 24.5 Å². The number of benzene rings is 1. The highest BCUT2D eigenvalue weighted by atomic mass is 35.5. The van der Waals surface area contributed by atoms with E-state index in [1.165, 1.54) is 0 Å². The molecule has 0 atom stereocenters. The van der Waals surface area contributed by atoms with Gasteiger partial charge in [-0.1, -0.05) is 23.7 Å². The number of aliphatic carboxylic acids is 1. The summed E-state index contributed by atoms with van der Waals surface area (Å²) in [5.74, 6) is -0.847. The van der Waals surface area contributed by atoms with E-state index in [1.54, 1.807) is 17.0 Å². The van der Waals surface area contributed by atoms with Crippen molar-refractivity contribution in [2.24, 2.45) is 0 Å². The molecule has 0 aromatic heterocycles. The van der Waals surface area contributed by atoms with Crippen molar-refractivity contribution in [3.8, 4) is 0 Å². The maximum atomic E-state index is 12.1. The van der Waals surface area contributed by atoms with E-state index >= 15 is 0 Å². The van der Waals surface area contributed by atoms with Gasteiger partial charge >= 0.3 is 12.0 Å². The highest BCUT2D eigenvalue weighted by Crippen LogP contribution is 2.09. The van der Waals surface area contributed by atoms with Crippen molar-refractivity contribution in [2.45, 2.75) is 39.3 Å². The third kappa shape index (κ3) is 6.49. The summed E-state index contributed by atoms with van der Waals surface area (Å²) in [6, 6.07) is 7.08. The van der Waals surface area contributed by atoms with E-state index in [0.717, 1.165) is 5.56 Å². The molecular formula is C15H21ClN2O3. The van der Waals surface area contributed by atoms with Crippen molar-refractivity contribution in [1.29, 1.82) is 0 Å². The first-order valence-electron chi connectivity index (χ1n) is 6.91. The van der Waals surface area contributed by atoms with Gasteiger partial charge in [0.1, 0.15) is 0 Å². The summed E-state index contributed by atoms with van der Waals surface area (Å²) in [7, 11) is 0. The number of nitrogens with one attached hydrogen (secondary N) is 1. The molecule has 1 aromatic carbocycles. The van der Waals surface area contributed by atoms with Gasteiger partial charge < -0.3 is 15.3 Å². The highest BCUT2D eigenvalue weighted by molar-refractivity contribution is 6.30. The number of nitrogens with zero attached hydrogens (tertiary/aromatic N) is 1. The molecule has 0 fully saturated rings. The van der Waals surface area contributed by atoms with Crippen LogP contribution < -0.4 is 5.32 Å². The molecule has 0 unspecified atom stereocenters. The minimum absolute atomic E-state index is 0.0176. The normalized spacial score (nSPS) is 10.5. The number of carbonyl (C=O) groups excluding carboxylic acids is 1. The van der Waals surface area contributed by atoms with Crippen LogP contribution in [0.2, 0.25) is 5.02 Å². The lowest BCUT2D eigenvalue weighted by atomic mass is 10.2. The molecule has 0 saturated carbocycles. The van der Waals surface area contributed by atoms with E-state index in [1.807, 2.05) is 26.0 Å². The average molecular weight is 313 g/mol. The molecule has 1 rings (SSSR count). The maximum Gasteiger partial charge on any atom is 0.317 e. The molecular weight excluding hydrogens is 292 g/mol. The summed E-state index contributed by atoms with van der Waals surface area (Å²) in [6.45, 7) is 4.65. The Kier molecular flexibility index (Phi) is 7.02. The van der Waals surface area contributed by atoms with Gasteiger partial charge in [0.15, 0.2) is 0 Å². The van der Waals surface area contributed by atoms with Crippen LogP contribution >= 0.6 is 11.6 Å². The van der Waals surface area contributed by atoms with E-state index in [2.05, 4.69) is 5.32 Å². The van der Waals surface area contributed by atoms with Crippen LogP contribution in [0.4, 0.5) is 4.79 Å². The first kappa shape index (κ1) is 17.3. The second-order valence-corrected chi connectivity index (χ2v) is 5.51. The Labute approximate surface area is 129 Å². The number of rotatable bonds is 7. The van der Waals surface area contributed by atoms with Crippen molar-refractivity contribution >= 4 is 23.6 Å². The zero-order valence-electron chi connectivity index (χ0n) is 12.3. The van der Waals surface area contributed by atoms with E-state index in [9.17, 15) is 9.59 Å². The Morgan fingerprint density at radius 2 is 1.90 bits per heavy atom. The highest BCUT2D eigenvalue weighted by Gasteiger charge is 2.16. The van der Waals surface area contributed by atoms with Gasteiger partial charge in [0.25, 0.3) is 0 Å². The van der Waals surface area contributed by atoms with E-state index in [4.69, 9.17) is 16.7 Å². The largest absolute Gasteiger partial charge is 0.481 e. The van der Waals surface area contributed by atoms with Crippen LogP contribution in [-0.2, 0) is 11.3 Å². The Balaban J connectivity index is 2.48. The molecule has 2 amide bonds. The van der Waals surface area contributed by atoms with Gasteiger partial charge in [-0.3, -0.25) is 4.79 Å². The predicted octanol–water partition coefficient (Wildman–Crippen LogP) is 3.12. The van der Waals surface area contributed by atoms with E-state index in [-0.39, 0.29) is 18.5 Å². The van der Waals surface area contributed by atoms with Gasteiger partial charge in [-0.15, -0.1) is 0 Å². The molecule has 0 aliphatic rings. The fourth-order valence-corrected chi connectivity index (χ4v) is 2.00. The smallest absolute Gasteiger partial charge is 0.317 e. The number of urea groups is 1. The zero-order chi connectivity index (χ0) is 15.8. The summed E-state index contributed by atoms with van der Waals surface area (Å²) >= 11 is 5.81. The third-order valence-corrected chi connectivity index (χ3v) is 3.28. The topological polar surface area (TPSA) is 69.6 Å². The second kappa shape index (κ2) is 8.52. The van der Waals surface area contributed by atoms with Crippen LogP contribution in [0.15, 0.2) is 24.3 Å². The maximum absolute atomic E-state index is 12.1. The summed E-state index contributed by atoms with van der Waals surface area (Å²) in [4.78, 5) is 24.3. The van der Waals surface area contributed by atoms with Crippen LogP contribution in [0.1, 0.15) is 32.3 Å². The van der Waals surface area contributed by atoms with Crippen LogP contribution in [0.25, 0.3) is 0 Å². The third-order valence-electron chi connectivity index (χ3n) is 3.03. The quantitative estimate of drug-likeness (QED) is 0.812. The molecule has 0 saturated heterocycles. The minimum Gasteiger partial charge on any atom is -0.481 e. The Bertz CT molecular complexity index is 474. The first-order chi connectivity index (χ1) is 9.90. The zero-order valence-corrected chi connectivity index (χ0v) is 13.1. The second-order valence-electron chi connectivity index (χ2n) is 5.07. The fourth-order valence-electron chi connectivity index (χ4n) is 1.88. The Morgan fingerprint density at radius 3 is 2.43 bits per heavy atom. The van der Waals surface area contributed by atoms with E-state index < -0.39 is 5.97 Å². The lowest BCUT2D eigenvalue weighted by Gasteiger charge is -2.26. The molecule has 0 spiro atoms. The van der Waals surface area contributed by atoms with Crippen molar-refractivity contribution < 1.29 is 14.7 Å². The van der Waals surface area contributed by atoms with Crippen molar-refractivity contribution in [3.05, 3.63) is 34.9 Å². The molecule has 0 aliphatic carbocycles. The van der Waals surface area contributed by atoms with Crippen LogP contribution in [0, 0.1) is 0 Å². The Hall–Kier alpha value is -1.75. The van der Waals surface area contributed by atoms with Crippen molar-refractivity contribution in [1.82, 2.24) is 10.2 Å². The number of halogens is 1. The monoisotopic (exact) mass is 312 g/mol. The number of hydrogen-bond donors (Lipinski definition) is 2. The predicted molar refractivity (Wildman–Crippen MR) is 82.4 cm³/mol. The van der Waals surface area contributed by atoms with Crippen LogP contribution in [0.3, 0.4) is 0 Å². The molecule has 0 aliphatic heterocycles. The summed E-state index contributed by atoms with van der Waals surface area (Å²) in [5.41, 5.74) is 0.960. The number of amides is 2. The lowest BCUT2D eigenvalue weighted by Crippen LogP contribution is -2.44. The van der Waals surface area contributed by atoms with Crippen LogP contribution in [-0.4, -0.2) is 34.6 Å². The molecule has 1 aromatic rings. The average Bonchev–Trinajstić information content (AvgIpc) is 2.42. The summed E-state index contributed by atoms with van der Waals surface area (Å²) in [6.07, 6.45) is 0.509. The number of carbonyl (C=O) groups is 2. The van der Waals surface area contributed by atoms with Gasteiger partial charge in [-0.05, 0) is 38.0 Å². The van der Waals surface area contributed by atoms with Gasteiger partial charge in [0, 0.05) is 30.6 Å². The first-order valence-corrected chi connectivity index (χ1v) is 7.28. The molecule has 0 bridgehead atoms. The SMILES string of the molecule is CC(C)N(CCCC(=O)O)C(=O)NCc1ccc(Cl)cc1. The van der Waals surface area contributed by atoms with Gasteiger partial charge in [-0.25, -0.2) is 4.79 Å². The standard InChI is InChI=1S/C15H21ClN2O3/c1-11(2)18(9-3-4-14(19)20)15(21)17-10-12-5-7-13(16)8-6-12/h5-8,11H,3-4,9-10H2,1-2H3,(H,17,21)(H,19,20). The van der Waals surface area contributed by atoms with Gasteiger partial charge in [0.2, 0.25) is 0 Å².